The third-order valence-electron chi connectivity index (χ3n) is 7.01. The van der Waals surface area contributed by atoms with Gasteiger partial charge in [-0.3, -0.25) is 14.0 Å². The molecule has 1 N–H and O–H groups in total. The fourth-order valence-electron chi connectivity index (χ4n) is 5.35. The van der Waals surface area contributed by atoms with Crippen molar-refractivity contribution in [3.05, 3.63) is 58.9 Å². The molecule has 7 nitrogen and oxygen atoms in total. The van der Waals surface area contributed by atoms with E-state index in [-0.39, 0.29) is 35.3 Å². The minimum absolute atomic E-state index is 0.0243. The lowest BCUT2D eigenvalue weighted by molar-refractivity contribution is -0.126. The summed E-state index contributed by atoms with van der Waals surface area (Å²) in [6, 6.07) is 8.13. The minimum Gasteiger partial charge on any atom is -0.378 e. The molecule has 1 spiro atoms. The quantitative estimate of drug-likeness (QED) is 0.658. The molecular formula is C24H28N4O3S. The fourth-order valence-corrected chi connectivity index (χ4v) is 6.05. The average Bonchev–Trinajstić information content (AvgIpc) is 3.46. The summed E-state index contributed by atoms with van der Waals surface area (Å²) in [4.78, 5) is 32.9. The van der Waals surface area contributed by atoms with E-state index >= 15 is 0 Å². The SMILES string of the molecule is CO[C@@H]1[C@@H](NC(=O)C(C)C)c2ccccc2C12CCN(C(=O)c1cn3ccsc3n1)CC2. The summed E-state index contributed by atoms with van der Waals surface area (Å²) in [5.74, 6) is -0.0999. The zero-order chi connectivity index (χ0) is 22.5. The van der Waals surface area contributed by atoms with E-state index in [1.54, 1.807) is 13.3 Å². The summed E-state index contributed by atoms with van der Waals surface area (Å²) >= 11 is 1.52. The van der Waals surface area contributed by atoms with Crippen molar-refractivity contribution in [3.63, 3.8) is 0 Å². The number of methoxy groups -OCH3 is 1. The maximum atomic E-state index is 13.1. The van der Waals surface area contributed by atoms with Gasteiger partial charge in [0.1, 0.15) is 5.69 Å². The third-order valence-corrected chi connectivity index (χ3v) is 7.78. The van der Waals surface area contributed by atoms with Crippen LogP contribution in [0, 0.1) is 5.92 Å². The Morgan fingerprint density at radius 2 is 2.00 bits per heavy atom. The Morgan fingerprint density at radius 1 is 1.25 bits per heavy atom. The Labute approximate surface area is 191 Å². The number of nitrogens with zero attached hydrogens (tertiary/aromatic N) is 3. The topological polar surface area (TPSA) is 75.9 Å². The summed E-state index contributed by atoms with van der Waals surface area (Å²) in [6.45, 7) is 5.06. The molecule has 3 heterocycles. The molecule has 3 aromatic rings. The second kappa shape index (κ2) is 8.01. The molecule has 0 bridgehead atoms. The largest absolute Gasteiger partial charge is 0.378 e. The van der Waals surface area contributed by atoms with E-state index in [9.17, 15) is 9.59 Å². The smallest absolute Gasteiger partial charge is 0.274 e. The molecule has 0 saturated carbocycles. The first-order chi connectivity index (χ1) is 15.4. The van der Waals surface area contributed by atoms with E-state index in [0.29, 0.717) is 18.8 Å². The van der Waals surface area contributed by atoms with Crippen LogP contribution in [-0.4, -0.2) is 52.4 Å². The van der Waals surface area contributed by atoms with Crippen molar-refractivity contribution in [2.45, 2.75) is 44.2 Å². The van der Waals surface area contributed by atoms with Crippen LogP contribution < -0.4 is 5.32 Å². The molecule has 8 heteroatoms. The van der Waals surface area contributed by atoms with Crippen molar-refractivity contribution in [2.75, 3.05) is 20.2 Å². The molecule has 1 saturated heterocycles. The molecular weight excluding hydrogens is 424 g/mol. The van der Waals surface area contributed by atoms with Crippen LogP contribution >= 0.6 is 11.3 Å². The second-order valence-corrected chi connectivity index (χ2v) is 9.92. The molecule has 5 rings (SSSR count). The number of carbonyl (C=O) groups excluding carboxylic acids is 2. The number of benzene rings is 1. The van der Waals surface area contributed by atoms with Gasteiger partial charge in [0.25, 0.3) is 5.91 Å². The highest BCUT2D eigenvalue weighted by atomic mass is 32.1. The number of rotatable bonds is 4. The number of carbonyl (C=O) groups is 2. The molecule has 168 valence electrons. The number of ether oxygens (including phenoxy) is 1. The summed E-state index contributed by atoms with van der Waals surface area (Å²) < 4.78 is 7.95. The highest BCUT2D eigenvalue weighted by molar-refractivity contribution is 7.15. The van der Waals surface area contributed by atoms with Gasteiger partial charge in [0.2, 0.25) is 5.91 Å². The first-order valence-electron chi connectivity index (χ1n) is 11.1. The molecule has 1 aromatic carbocycles. The first kappa shape index (κ1) is 21.2. The average molecular weight is 453 g/mol. The molecule has 2 aromatic heterocycles. The Hall–Kier alpha value is -2.71. The summed E-state index contributed by atoms with van der Waals surface area (Å²) in [7, 11) is 1.72. The predicted molar refractivity (Wildman–Crippen MR) is 123 cm³/mol. The first-order valence-corrected chi connectivity index (χ1v) is 12.0. The Kier molecular flexibility index (Phi) is 5.29. The zero-order valence-electron chi connectivity index (χ0n) is 18.6. The van der Waals surface area contributed by atoms with Gasteiger partial charge in [0.15, 0.2) is 4.96 Å². The number of piperidine rings is 1. The monoisotopic (exact) mass is 452 g/mol. The van der Waals surface area contributed by atoms with Crippen LogP contribution in [0.2, 0.25) is 0 Å². The zero-order valence-corrected chi connectivity index (χ0v) is 19.4. The van der Waals surface area contributed by atoms with Crippen LogP contribution in [0.1, 0.15) is 54.3 Å². The van der Waals surface area contributed by atoms with E-state index < -0.39 is 0 Å². The Balaban J connectivity index is 1.40. The standard InChI is InChI=1S/C24H28N4O3S/c1-15(2)21(29)26-19-16-6-4-5-7-17(16)24(20(19)31-3)8-10-27(11-9-24)22(30)18-14-28-12-13-32-23(28)25-18/h4-7,12-15,19-20H,8-11H2,1-3H3,(H,26,29)/t19-,20+/m0/s1. The van der Waals surface area contributed by atoms with Crippen LogP contribution in [-0.2, 0) is 14.9 Å². The van der Waals surface area contributed by atoms with Gasteiger partial charge < -0.3 is 15.0 Å². The molecule has 2 atom stereocenters. The van der Waals surface area contributed by atoms with E-state index in [1.807, 2.05) is 40.8 Å². The fraction of sp³-hybridized carbons (Fsp3) is 0.458. The Bertz CT molecular complexity index is 1130. The third kappa shape index (κ3) is 3.24. The highest BCUT2D eigenvalue weighted by Gasteiger charge is 2.54. The number of fused-ring (bicyclic) bond motifs is 3. The van der Waals surface area contributed by atoms with Crippen molar-refractivity contribution in [1.29, 1.82) is 0 Å². The van der Waals surface area contributed by atoms with Crippen molar-refractivity contribution < 1.29 is 14.3 Å². The van der Waals surface area contributed by atoms with E-state index in [4.69, 9.17) is 4.74 Å². The van der Waals surface area contributed by atoms with E-state index in [0.717, 1.165) is 23.4 Å². The summed E-state index contributed by atoms with van der Waals surface area (Å²) in [6.07, 6.45) is 5.12. The highest BCUT2D eigenvalue weighted by Crippen LogP contribution is 2.52. The van der Waals surface area contributed by atoms with E-state index in [1.165, 1.54) is 16.9 Å². The van der Waals surface area contributed by atoms with Gasteiger partial charge in [-0.1, -0.05) is 38.1 Å². The normalized spacial score (nSPS) is 21.9. The summed E-state index contributed by atoms with van der Waals surface area (Å²) in [5, 5.41) is 5.18. The van der Waals surface area contributed by atoms with Crippen LogP contribution in [0.25, 0.3) is 4.96 Å². The lowest BCUT2D eigenvalue weighted by Gasteiger charge is -2.44. The van der Waals surface area contributed by atoms with Crippen molar-refractivity contribution >= 4 is 28.1 Å². The maximum absolute atomic E-state index is 13.1. The van der Waals surface area contributed by atoms with Gasteiger partial charge in [-0.05, 0) is 24.0 Å². The number of hydrogen-bond donors (Lipinski definition) is 1. The predicted octanol–water partition coefficient (Wildman–Crippen LogP) is 3.41. The van der Waals surface area contributed by atoms with Gasteiger partial charge in [-0.25, -0.2) is 4.98 Å². The van der Waals surface area contributed by atoms with Gasteiger partial charge in [0, 0.05) is 49.3 Å². The number of likely N-dealkylation sites (tertiary alicyclic amines) is 1. The number of thiazole rings is 1. The number of hydrogen-bond acceptors (Lipinski definition) is 5. The lowest BCUT2D eigenvalue weighted by Crippen LogP contribution is -2.52. The van der Waals surface area contributed by atoms with Crippen LogP contribution in [0.4, 0.5) is 0 Å². The molecule has 1 fully saturated rings. The van der Waals surface area contributed by atoms with Crippen molar-refractivity contribution in [2.24, 2.45) is 5.92 Å². The lowest BCUT2D eigenvalue weighted by atomic mass is 9.71. The maximum Gasteiger partial charge on any atom is 0.274 e. The van der Waals surface area contributed by atoms with Crippen molar-refractivity contribution in [1.82, 2.24) is 19.6 Å². The van der Waals surface area contributed by atoms with E-state index in [2.05, 4.69) is 28.5 Å². The molecule has 0 radical (unpaired) electrons. The van der Waals surface area contributed by atoms with Crippen LogP contribution in [0.15, 0.2) is 42.0 Å². The van der Waals surface area contributed by atoms with Crippen LogP contribution in [0.5, 0.6) is 0 Å². The minimum atomic E-state index is -0.231. The van der Waals surface area contributed by atoms with Gasteiger partial charge >= 0.3 is 0 Å². The molecule has 0 unspecified atom stereocenters. The molecule has 2 amide bonds. The second-order valence-electron chi connectivity index (χ2n) is 9.05. The van der Waals surface area contributed by atoms with Crippen LogP contribution in [0.3, 0.4) is 0 Å². The van der Waals surface area contributed by atoms with Gasteiger partial charge in [-0.15, -0.1) is 11.3 Å². The number of nitrogens with one attached hydrogen (secondary N) is 1. The summed E-state index contributed by atoms with van der Waals surface area (Å²) in [5.41, 5.74) is 2.62. The Morgan fingerprint density at radius 3 is 2.69 bits per heavy atom. The number of amides is 2. The van der Waals surface area contributed by atoms with Gasteiger partial charge in [-0.2, -0.15) is 0 Å². The van der Waals surface area contributed by atoms with Gasteiger partial charge in [0.05, 0.1) is 12.1 Å². The molecule has 32 heavy (non-hydrogen) atoms. The molecule has 1 aliphatic carbocycles. The molecule has 1 aliphatic heterocycles. The number of aromatic nitrogens is 2. The van der Waals surface area contributed by atoms with Crippen molar-refractivity contribution in [3.8, 4) is 0 Å². The molecule has 2 aliphatic rings. The number of imidazole rings is 1.